The SMILES string of the molecule is C[C@@H]1C[C@H](C)[C@@H](C)O[C@@]1(O)COC(=O)Nc1ccc(Cl)cc1. The molecule has 1 amide bonds. The fourth-order valence-electron chi connectivity index (χ4n) is 2.52. The second-order valence-electron chi connectivity index (χ2n) is 5.99. The maximum Gasteiger partial charge on any atom is 0.411 e. The van der Waals surface area contributed by atoms with E-state index in [4.69, 9.17) is 21.1 Å². The number of carbonyl (C=O) groups is 1. The van der Waals surface area contributed by atoms with Crippen LogP contribution >= 0.6 is 11.6 Å². The first kappa shape index (κ1) is 17.1. The highest BCUT2D eigenvalue weighted by atomic mass is 35.5. The lowest BCUT2D eigenvalue weighted by Crippen LogP contribution is -2.52. The molecule has 0 aromatic heterocycles. The Labute approximate surface area is 135 Å². The number of carbonyl (C=O) groups excluding carboxylic acids is 1. The lowest BCUT2D eigenvalue weighted by atomic mass is 9.84. The third-order valence-electron chi connectivity index (χ3n) is 4.19. The van der Waals surface area contributed by atoms with E-state index in [-0.39, 0.29) is 18.6 Å². The van der Waals surface area contributed by atoms with Crippen molar-refractivity contribution in [3.05, 3.63) is 29.3 Å². The Morgan fingerprint density at radius 1 is 1.41 bits per heavy atom. The van der Waals surface area contributed by atoms with Gasteiger partial charge in [0.2, 0.25) is 5.79 Å². The minimum absolute atomic E-state index is 0.0795. The number of halogens is 1. The van der Waals surface area contributed by atoms with Crippen LogP contribution in [-0.4, -0.2) is 29.7 Å². The minimum Gasteiger partial charge on any atom is -0.444 e. The highest BCUT2D eigenvalue weighted by molar-refractivity contribution is 6.30. The fraction of sp³-hybridized carbons (Fsp3) is 0.562. The zero-order chi connectivity index (χ0) is 16.3. The fourth-order valence-corrected chi connectivity index (χ4v) is 2.65. The number of nitrogens with one attached hydrogen (secondary N) is 1. The largest absolute Gasteiger partial charge is 0.444 e. The molecule has 1 aromatic rings. The molecule has 1 fully saturated rings. The summed E-state index contributed by atoms with van der Waals surface area (Å²) in [7, 11) is 0. The van der Waals surface area contributed by atoms with Gasteiger partial charge in [-0.05, 0) is 43.5 Å². The van der Waals surface area contributed by atoms with Gasteiger partial charge in [0.1, 0.15) is 6.61 Å². The van der Waals surface area contributed by atoms with Crippen molar-refractivity contribution in [1.29, 1.82) is 0 Å². The molecule has 0 radical (unpaired) electrons. The van der Waals surface area contributed by atoms with Gasteiger partial charge in [-0.3, -0.25) is 5.32 Å². The Morgan fingerprint density at radius 2 is 2.05 bits per heavy atom. The molecule has 122 valence electrons. The minimum atomic E-state index is -1.44. The van der Waals surface area contributed by atoms with E-state index in [1.165, 1.54) is 0 Å². The average Bonchev–Trinajstić information content (AvgIpc) is 2.46. The standard InChI is InChI=1S/C16H22ClNO4/c1-10-8-11(2)16(20,22-12(10)3)9-21-15(19)18-14-6-4-13(17)5-7-14/h4-7,10-12,20H,8-9H2,1-3H3,(H,18,19)/t10-,11+,12+,16-/m0/s1. The second kappa shape index (κ2) is 6.86. The van der Waals surface area contributed by atoms with Crippen molar-refractivity contribution >= 4 is 23.4 Å². The summed E-state index contributed by atoms with van der Waals surface area (Å²) in [5, 5.41) is 13.7. The number of anilines is 1. The van der Waals surface area contributed by atoms with Gasteiger partial charge in [0.05, 0.1) is 6.10 Å². The topological polar surface area (TPSA) is 67.8 Å². The van der Waals surface area contributed by atoms with Crippen LogP contribution < -0.4 is 5.32 Å². The average molecular weight is 328 g/mol. The van der Waals surface area contributed by atoms with Crippen molar-refractivity contribution < 1.29 is 19.4 Å². The van der Waals surface area contributed by atoms with Gasteiger partial charge in [-0.2, -0.15) is 0 Å². The van der Waals surface area contributed by atoms with E-state index in [0.29, 0.717) is 16.6 Å². The zero-order valence-corrected chi connectivity index (χ0v) is 13.8. The number of rotatable bonds is 3. The molecule has 0 saturated carbocycles. The summed E-state index contributed by atoms with van der Waals surface area (Å²) in [4.78, 5) is 11.8. The molecule has 22 heavy (non-hydrogen) atoms. The Hall–Kier alpha value is -1.30. The lowest BCUT2D eigenvalue weighted by Gasteiger charge is -2.43. The van der Waals surface area contributed by atoms with E-state index in [2.05, 4.69) is 12.2 Å². The van der Waals surface area contributed by atoms with Crippen molar-refractivity contribution in [3.8, 4) is 0 Å². The monoisotopic (exact) mass is 327 g/mol. The number of amides is 1. The molecule has 1 aromatic carbocycles. The van der Waals surface area contributed by atoms with Crippen molar-refractivity contribution in [2.45, 2.75) is 39.1 Å². The van der Waals surface area contributed by atoms with Gasteiger partial charge in [-0.25, -0.2) is 4.79 Å². The second-order valence-corrected chi connectivity index (χ2v) is 6.43. The molecule has 6 heteroatoms. The van der Waals surface area contributed by atoms with Crippen LogP contribution in [0.4, 0.5) is 10.5 Å². The van der Waals surface area contributed by atoms with Crippen LogP contribution in [0, 0.1) is 11.8 Å². The number of ether oxygens (including phenoxy) is 2. The summed E-state index contributed by atoms with van der Waals surface area (Å²) in [5.74, 6) is -1.19. The first-order chi connectivity index (χ1) is 10.3. The molecule has 0 unspecified atom stereocenters. The summed E-state index contributed by atoms with van der Waals surface area (Å²) < 4.78 is 10.8. The molecule has 1 saturated heterocycles. The molecule has 2 N–H and O–H groups in total. The molecule has 4 atom stereocenters. The molecule has 2 rings (SSSR count). The maximum absolute atomic E-state index is 11.8. The third kappa shape index (κ3) is 4.12. The maximum atomic E-state index is 11.8. The van der Waals surface area contributed by atoms with Gasteiger partial charge in [-0.15, -0.1) is 0 Å². The molecule has 5 nitrogen and oxygen atoms in total. The molecule has 0 spiro atoms. The number of aliphatic hydroxyl groups is 1. The highest BCUT2D eigenvalue weighted by Gasteiger charge is 2.44. The smallest absolute Gasteiger partial charge is 0.411 e. The third-order valence-corrected chi connectivity index (χ3v) is 4.44. The molecule has 1 heterocycles. The van der Waals surface area contributed by atoms with Crippen LogP contribution in [0.5, 0.6) is 0 Å². The predicted octanol–water partition coefficient (Wildman–Crippen LogP) is 3.66. The Balaban J connectivity index is 1.88. The van der Waals surface area contributed by atoms with Crippen LogP contribution in [0.25, 0.3) is 0 Å². The zero-order valence-electron chi connectivity index (χ0n) is 13.0. The van der Waals surface area contributed by atoms with Gasteiger partial charge in [-0.1, -0.05) is 25.4 Å². The van der Waals surface area contributed by atoms with Gasteiger partial charge >= 0.3 is 6.09 Å². The van der Waals surface area contributed by atoms with Crippen LogP contribution in [0.1, 0.15) is 27.2 Å². The van der Waals surface area contributed by atoms with Gasteiger partial charge < -0.3 is 14.6 Å². The van der Waals surface area contributed by atoms with E-state index in [1.807, 2.05) is 13.8 Å². The highest BCUT2D eigenvalue weighted by Crippen LogP contribution is 2.35. The van der Waals surface area contributed by atoms with Crippen LogP contribution in [0.2, 0.25) is 5.02 Å². The van der Waals surface area contributed by atoms with E-state index in [0.717, 1.165) is 6.42 Å². The van der Waals surface area contributed by atoms with E-state index < -0.39 is 11.9 Å². The first-order valence-corrected chi connectivity index (χ1v) is 7.77. The molecular weight excluding hydrogens is 306 g/mol. The van der Waals surface area contributed by atoms with Gasteiger partial charge in [0.15, 0.2) is 0 Å². The van der Waals surface area contributed by atoms with E-state index >= 15 is 0 Å². The van der Waals surface area contributed by atoms with Crippen LogP contribution in [0.3, 0.4) is 0 Å². The Bertz CT molecular complexity index is 521. The first-order valence-electron chi connectivity index (χ1n) is 7.39. The van der Waals surface area contributed by atoms with Crippen molar-refractivity contribution in [2.75, 3.05) is 11.9 Å². The molecule has 0 aliphatic carbocycles. The van der Waals surface area contributed by atoms with Gasteiger partial charge in [0, 0.05) is 16.6 Å². The molecule has 0 bridgehead atoms. The summed E-state index contributed by atoms with van der Waals surface area (Å²) in [5.41, 5.74) is 0.570. The quantitative estimate of drug-likeness (QED) is 0.889. The van der Waals surface area contributed by atoms with Gasteiger partial charge in [0.25, 0.3) is 0 Å². The Kier molecular flexibility index (Phi) is 5.32. The Morgan fingerprint density at radius 3 is 2.68 bits per heavy atom. The van der Waals surface area contributed by atoms with E-state index in [1.54, 1.807) is 24.3 Å². The predicted molar refractivity (Wildman–Crippen MR) is 84.9 cm³/mol. The van der Waals surface area contributed by atoms with Crippen molar-refractivity contribution in [3.63, 3.8) is 0 Å². The number of benzene rings is 1. The van der Waals surface area contributed by atoms with Crippen molar-refractivity contribution in [2.24, 2.45) is 11.8 Å². The van der Waals surface area contributed by atoms with Crippen molar-refractivity contribution in [1.82, 2.24) is 0 Å². The molecule has 1 aliphatic heterocycles. The summed E-state index contributed by atoms with van der Waals surface area (Å²) in [6, 6.07) is 6.67. The summed E-state index contributed by atoms with van der Waals surface area (Å²) >= 11 is 5.78. The number of hydrogen-bond acceptors (Lipinski definition) is 4. The summed E-state index contributed by atoms with van der Waals surface area (Å²) in [6.07, 6.45) is 0.0989. The summed E-state index contributed by atoms with van der Waals surface area (Å²) in [6.45, 7) is 5.68. The molecular formula is C16H22ClNO4. The number of hydrogen-bond donors (Lipinski definition) is 2. The molecule has 1 aliphatic rings. The van der Waals surface area contributed by atoms with E-state index in [9.17, 15) is 9.90 Å². The van der Waals surface area contributed by atoms with Crippen LogP contribution in [0.15, 0.2) is 24.3 Å². The normalized spacial score (nSPS) is 31.6. The van der Waals surface area contributed by atoms with Crippen LogP contribution in [-0.2, 0) is 9.47 Å². The lowest BCUT2D eigenvalue weighted by molar-refractivity contribution is -0.300.